The molecule has 1 aromatic heterocycles. The Balaban J connectivity index is 1.61. The zero-order valence-electron chi connectivity index (χ0n) is 14.0. The van der Waals surface area contributed by atoms with Gasteiger partial charge in [0.1, 0.15) is 11.6 Å². The highest BCUT2D eigenvalue weighted by Gasteiger charge is 2.13. The van der Waals surface area contributed by atoms with Crippen molar-refractivity contribution in [2.24, 2.45) is 0 Å². The molecule has 0 spiro atoms. The molecule has 0 radical (unpaired) electrons. The lowest BCUT2D eigenvalue weighted by atomic mass is 10.1. The van der Waals surface area contributed by atoms with Crippen molar-refractivity contribution in [2.45, 2.75) is 0 Å². The topological polar surface area (TPSA) is 81.6 Å². The van der Waals surface area contributed by atoms with Gasteiger partial charge in [-0.1, -0.05) is 24.3 Å². The summed E-state index contributed by atoms with van der Waals surface area (Å²) in [4.78, 5) is 20.1. The SMILES string of the molecule is N#Cc1ccc(C(=O)Nc2cccc(-c3nc4ccccc4[nH]3)c2)c(F)c1. The van der Waals surface area contributed by atoms with Crippen LogP contribution in [0.3, 0.4) is 0 Å². The van der Waals surface area contributed by atoms with Crippen LogP contribution < -0.4 is 5.32 Å². The molecule has 0 aliphatic rings. The molecule has 0 fully saturated rings. The number of benzene rings is 3. The number of hydrogen-bond donors (Lipinski definition) is 2. The van der Waals surface area contributed by atoms with E-state index >= 15 is 0 Å². The fraction of sp³-hybridized carbons (Fsp3) is 0. The second kappa shape index (κ2) is 6.73. The molecule has 0 atom stereocenters. The van der Waals surface area contributed by atoms with Gasteiger partial charge in [-0.3, -0.25) is 4.79 Å². The number of hydrogen-bond acceptors (Lipinski definition) is 3. The van der Waals surface area contributed by atoms with Crippen molar-refractivity contribution in [3.8, 4) is 17.5 Å². The summed E-state index contributed by atoms with van der Waals surface area (Å²) in [6.45, 7) is 0. The number of nitriles is 1. The molecule has 27 heavy (non-hydrogen) atoms. The summed E-state index contributed by atoms with van der Waals surface area (Å²) in [5.74, 6) is -0.643. The third kappa shape index (κ3) is 3.26. The molecule has 0 aliphatic heterocycles. The highest BCUT2D eigenvalue weighted by molar-refractivity contribution is 6.04. The van der Waals surface area contributed by atoms with Gasteiger partial charge in [-0.05, 0) is 42.5 Å². The maximum atomic E-state index is 14.0. The summed E-state index contributed by atoms with van der Waals surface area (Å²) in [5.41, 5.74) is 3.12. The molecular formula is C21H13FN4O. The smallest absolute Gasteiger partial charge is 0.258 e. The molecule has 130 valence electrons. The number of carbonyl (C=O) groups is 1. The molecule has 4 rings (SSSR count). The summed E-state index contributed by atoms with van der Waals surface area (Å²) in [6, 6.07) is 20.4. The van der Waals surface area contributed by atoms with Crippen molar-refractivity contribution in [2.75, 3.05) is 5.32 Å². The van der Waals surface area contributed by atoms with Crippen LogP contribution >= 0.6 is 0 Å². The van der Waals surface area contributed by atoms with Crippen LogP contribution in [0.1, 0.15) is 15.9 Å². The predicted octanol–water partition coefficient (Wildman–Crippen LogP) is 4.49. The van der Waals surface area contributed by atoms with E-state index in [2.05, 4.69) is 15.3 Å². The van der Waals surface area contributed by atoms with Crippen LogP contribution in [0.15, 0.2) is 66.7 Å². The number of nitrogens with zero attached hydrogens (tertiary/aromatic N) is 2. The first-order valence-corrected chi connectivity index (χ1v) is 8.20. The normalized spacial score (nSPS) is 10.5. The Kier molecular flexibility index (Phi) is 4.11. The molecule has 0 saturated carbocycles. The number of para-hydroxylation sites is 2. The number of amides is 1. The molecule has 0 aliphatic carbocycles. The van der Waals surface area contributed by atoms with Crippen LogP contribution in [0.25, 0.3) is 22.4 Å². The van der Waals surface area contributed by atoms with Gasteiger partial charge in [0, 0.05) is 11.3 Å². The van der Waals surface area contributed by atoms with Gasteiger partial charge in [0.05, 0.1) is 28.2 Å². The highest BCUT2D eigenvalue weighted by Crippen LogP contribution is 2.23. The van der Waals surface area contributed by atoms with Crippen LogP contribution in [0.2, 0.25) is 0 Å². The number of rotatable bonds is 3. The molecule has 0 bridgehead atoms. The van der Waals surface area contributed by atoms with E-state index in [0.717, 1.165) is 22.7 Å². The molecule has 0 unspecified atom stereocenters. The minimum absolute atomic E-state index is 0.122. The first-order chi connectivity index (χ1) is 13.1. The quantitative estimate of drug-likeness (QED) is 0.567. The Morgan fingerprint density at radius 1 is 1.07 bits per heavy atom. The summed E-state index contributed by atoms with van der Waals surface area (Å²) in [6.07, 6.45) is 0. The van der Waals surface area contributed by atoms with E-state index in [1.54, 1.807) is 18.2 Å². The molecule has 2 N–H and O–H groups in total. The van der Waals surface area contributed by atoms with E-state index in [0.29, 0.717) is 11.5 Å². The first kappa shape index (κ1) is 16.5. The summed E-state index contributed by atoms with van der Waals surface area (Å²) < 4.78 is 14.0. The zero-order valence-corrected chi connectivity index (χ0v) is 14.0. The lowest BCUT2D eigenvalue weighted by Crippen LogP contribution is -2.13. The minimum Gasteiger partial charge on any atom is -0.338 e. The lowest BCUT2D eigenvalue weighted by molar-refractivity contribution is 0.102. The third-order valence-electron chi connectivity index (χ3n) is 4.13. The second-order valence-corrected chi connectivity index (χ2v) is 5.94. The van der Waals surface area contributed by atoms with Crippen LogP contribution in [-0.2, 0) is 0 Å². The van der Waals surface area contributed by atoms with Gasteiger partial charge in [-0.25, -0.2) is 9.37 Å². The number of anilines is 1. The van der Waals surface area contributed by atoms with Gasteiger partial charge in [-0.15, -0.1) is 0 Å². The standard InChI is InChI=1S/C21H13FN4O/c22-17-10-13(12-23)8-9-16(17)21(27)24-15-5-3-4-14(11-15)20-25-18-6-1-2-7-19(18)26-20/h1-11H,(H,24,27)(H,25,26). The fourth-order valence-electron chi connectivity index (χ4n) is 2.80. The van der Waals surface area contributed by atoms with Gasteiger partial charge in [0.15, 0.2) is 0 Å². The van der Waals surface area contributed by atoms with Gasteiger partial charge >= 0.3 is 0 Å². The largest absolute Gasteiger partial charge is 0.338 e. The van der Waals surface area contributed by atoms with E-state index in [1.807, 2.05) is 36.4 Å². The van der Waals surface area contributed by atoms with Crippen LogP contribution in [0, 0.1) is 17.1 Å². The van der Waals surface area contributed by atoms with Gasteiger partial charge < -0.3 is 10.3 Å². The van der Waals surface area contributed by atoms with Crippen molar-refractivity contribution in [3.63, 3.8) is 0 Å². The van der Waals surface area contributed by atoms with Crippen molar-refractivity contribution in [1.29, 1.82) is 5.26 Å². The Bertz CT molecular complexity index is 1170. The van der Waals surface area contributed by atoms with Crippen molar-refractivity contribution >= 4 is 22.6 Å². The highest BCUT2D eigenvalue weighted by atomic mass is 19.1. The van der Waals surface area contributed by atoms with Crippen molar-refractivity contribution < 1.29 is 9.18 Å². The fourth-order valence-corrected chi connectivity index (χ4v) is 2.80. The average molecular weight is 356 g/mol. The maximum absolute atomic E-state index is 14.0. The Hall–Kier alpha value is -3.98. The monoisotopic (exact) mass is 356 g/mol. The maximum Gasteiger partial charge on any atom is 0.258 e. The summed E-state index contributed by atoms with van der Waals surface area (Å²) >= 11 is 0. The van der Waals surface area contributed by atoms with Crippen molar-refractivity contribution in [3.05, 3.63) is 83.7 Å². The number of imidazole rings is 1. The Morgan fingerprint density at radius 3 is 2.70 bits per heavy atom. The molecule has 0 saturated heterocycles. The molecule has 1 amide bonds. The van der Waals surface area contributed by atoms with Gasteiger partial charge in [-0.2, -0.15) is 5.26 Å². The van der Waals surface area contributed by atoms with Gasteiger partial charge in [0.2, 0.25) is 0 Å². The molecule has 3 aromatic carbocycles. The van der Waals surface area contributed by atoms with Crippen LogP contribution in [-0.4, -0.2) is 15.9 Å². The van der Waals surface area contributed by atoms with E-state index < -0.39 is 11.7 Å². The van der Waals surface area contributed by atoms with E-state index in [4.69, 9.17) is 5.26 Å². The van der Waals surface area contributed by atoms with Crippen molar-refractivity contribution in [1.82, 2.24) is 9.97 Å². The Morgan fingerprint density at radius 2 is 1.93 bits per heavy atom. The summed E-state index contributed by atoms with van der Waals surface area (Å²) in [7, 11) is 0. The summed E-state index contributed by atoms with van der Waals surface area (Å²) in [5, 5.41) is 11.5. The Labute approximate surface area is 154 Å². The first-order valence-electron chi connectivity index (χ1n) is 8.20. The zero-order chi connectivity index (χ0) is 18.8. The number of nitrogens with one attached hydrogen (secondary N) is 2. The predicted molar refractivity (Wildman–Crippen MR) is 101 cm³/mol. The average Bonchev–Trinajstić information content (AvgIpc) is 3.12. The molecule has 6 heteroatoms. The minimum atomic E-state index is -0.736. The number of carbonyl (C=O) groups excluding carboxylic acids is 1. The molecule has 5 nitrogen and oxygen atoms in total. The lowest BCUT2D eigenvalue weighted by Gasteiger charge is -2.07. The second-order valence-electron chi connectivity index (χ2n) is 5.94. The number of halogens is 1. The number of aromatic nitrogens is 2. The molecule has 4 aromatic rings. The van der Waals surface area contributed by atoms with Crippen LogP contribution in [0.4, 0.5) is 10.1 Å². The molecular weight excluding hydrogens is 343 g/mol. The number of fused-ring (bicyclic) bond motifs is 1. The van der Waals surface area contributed by atoms with E-state index in [-0.39, 0.29) is 11.1 Å². The van der Waals surface area contributed by atoms with E-state index in [9.17, 15) is 9.18 Å². The number of aromatic amines is 1. The number of H-pyrrole nitrogens is 1. The van der Waals surface area contributed by atoms with Gasteiger partial charge in [0.25, 0.3) is 5.91 Å². The van der Waals surface area contributed by atoms with E-state index in [1.165, 1.54) is 12.1 Å². The van der Waals surface area contributed by atoms with Crippen LogP contribution in [0.5, 0.6) is 0 Å². The third-order valence-corrected chi connectivity index (χ3v) is 4.13. The molecule has 1 heterocycles.